The molecule has 3 rings (SSSR count). The number of aromatic nitrogens is 1. The standard InChI is InChI=1S/C20H18BrIN2OS/c1-3-17-18(13-9-11-14(21)12-10-13)24(4-2)20(26-17)23-19(25)15-7-5-6-8-16(15)22/h5-12H,3-4H2,1-2H3. The molecule has 0 saturated carbocycles. The smallest absolute Gasteiger partial charge is 0.280 e. The number of benzene rings is 2. The van der Waals surface area contributed by atoms with Gasteiger partial charge in [0.05, 0.1) is 11.3 Å². The first-order valence-corrected chi connectivity index (χ1v) is 11.1. The molecule has 0 N–H and O–H groups in total. The van der Waals surface area contributed by atoms with Crippen molar-refractivity contribution in [3.63, 3.8) is 0 Å². The Kier molecular flexibility index (Phi) is 6.47. The zero-order chi connectivity index (χ0) is 18.7. The number of thiazole rings is 1. The summed E-state index contributed by atoms with van der Waals surface area (Å²) in [6, 6.07) is 15.8. The van der Waals surface area contributed by atoms with Crippen LogP contribution in [0.25, 0.3) is 11.3 Å². The quantitative estimate of drug-likeness (QED) is 0.379. The van der Waals surface area contributed by atoms with E-state index in [-0.39, 0.29) is 5.91 Å². The van der Waals surface area contributed by atoms with Crippen molar-refractivity contribution in [2.45, 2.75) is 26.8 Å². The molecular weight excluding hydrogens is 523 g/mol. The predicted molar refractivity (Wildman–Crippen MR) is 120 cm³/mol. The fourth-order valence-corrected chi connectivity index (χ4v) is 4.81. The summed E-state index contributed by atoms with van der Waals surface area (Å²) >= 11 is 7.27. The van der Waals surface area contributed by atoms with Gasteiger partial charge in [0.15, 0.2) is 4.80 Å². The highest BCUT2D eigenvalue weighted by Crippen LogP contribution is 2.28. The maximum absolute atomic E-state index is 12.7. The minimum absolute atomic E-state index is 0.191. The molecule has 0 radical (unpaired) electrons. The third-order valence-corrected chi connectivity index (χ3v) is 6.73. The molecule has 26 heavy (non-hydrogen) atoms. The average molecular weight is 541 g/mol. The second-order valence-electron chi connectivity index (χ2n) is 5.66. The highest BCUT2D eigenvalue weighted by Gasteiger charge is 2.15. The highest BCUT2D eigenvalue weighted by molar-refractivity contribution is 14.1. The Morgan fingerprint density at radius 2 is 1.85 bits per heavy atom. The van der Waals surface area contributed by atoms with E-state index in [0.29, 0.717) is 5.56 Å². The topological polar surface area (TPSA) is 34.4 Å². The average Bonchev–Trinajstić information content (AvgIpc) is 3.00. The van der Waals surface area contributed by atoms with Crippen LogP contribution in [0, 0.1) is 3.57 Å². The predicted octanol–water partition coefficient (Wildman–Crippen LogP) is 5.91. The van der Waals surface area contributed by atoms with Gasteiger partial charge in [-0.25, -0.2) is 0 Å². The van der Waals surface area contributed by atoms with Gasteiger partial charge in [-0.1, -0.05) is 47.1 Å². The number of carbonyl (C=O) groups is 1. The Hall–Kier alpha value is -1.25. The van der Waals surface area contributed by atoms with Crippen LogP contribution in [0.4, 0.5) is 0 Å². The van der Waals surface area contributed by atoms with Gasteiger partial charge in [0, 0.05) is 19.5 Å². The summed E-state index contributed by atoms with van der Waals surface area (Å²) in [6.07, 6.45) is 0.905. The van der Waals surface area contributed by atoms with Gasteiger partial charge in [-0.15, -0.1) is 11.3 Å². The molecule has 0 atom stereocenters. The van der Waals surface area contributed by atoms with Gasteiger partial charge in [0.2, 0.25) is 0 Å². The lowest BCUT2D eigenvalue weighted by Gasteiger charge is -2.08. The van der Waals surface area contributed by atoms with E-state index in [4.69, 9.17) is 0 Å². The minimum Gasteiger partial charge on any atom is -0.316 e. The molecule has 3 nitrogen and oxygen atoms in total. The molecule has 2 aromatic carbocycles. The van der Waals surface area contributed by atoms with Crippen molar-refractivity contribution < 1.29 is 4.79 Å². The Balaban J connectivity index is 2.15. The number of amides is 1. The second-order valence-corrected chi connectivity index (χ2v) is 8.80. The first-order chi connectivity index (χ1) is 12.5. The largest absolute Gasteiger partial charge is 0.316 e. The molecule has 0 spiro atoms. The molecule has 0 aliphatic heterocycles. The SMILES string of the molecule is CCc1sc(=NC(=O)c2ccccc2I)n(CC)c1-c1ccc(Br)cc1. The summed E-state index contributed by atoms with van der Waals surface area (Å²) in [5.41, 5.74) is 2.94. The highest BCUT2D eigenvalue weighted by atomic mass is 127. The van der Waals surface area contributed by atoms with Crippen LogP contribution in [0.2, 0.25) is 0 Å². The number of carbonyl (C=O) groups excluding carboxylic acids is 1. The molecule has 0 saturated heterocycles. The van der Waals surface area contributed by atoms with E-state index in [1.54, 1.807) is 11.3 Å². The molecule has 0 aliphatic carbocycles. The van der Waals surface area contributed by atoms with Crippen LogP contribution < -0.4 is 4.80 Å². The summed E-state index contributed by atoms with van der Waals surface area (Å²) in [5.74, 6) is -0.191. The lowest BCUT2D eigenvalue weighted by atomic mass is 10.1. The van der Waals surface area contributed by atoms with Crippen LogP contribution in [0.5, 0.6) is 0 Å². The van der Waals surface area contributed by atoms with Crippen molar-refractivity contribution in [2.75, 3.05) is 0 Å². The van der Waals surface area contributed by atoms with Gasteiger partial charge in [-0.2, -0.15) is 4.99 Å². The molecule has 0 bridgehead atoms. The zero-order valence-corrected chi connectivity index (χ0v) is 19.1. The monoisotopic (exact) mass is 540 g/mol. The zero-order valence-electron chi connectivity index (χ0n) is 14.5. The first kappa shape index (κ1) is 19.5. The molecule has 0 unspecified atom stereocenters. The van der Waals surface area contributed by atoms with Crippen LogP contribution in [-0.2, 0) is 13.0 Å². The molecule has 6 heteroatoms. The van der Waals surface area contributed by atoms with E-state index in [2.05, 4.69) is 74.1 Å². The van der Waals surface area contributed by atoms with Gasteiger partial charge >= 0.3 is 0 Å². The molecule has 0 fully saturated rings. The van der Waals surface area contributed by atoms with Crippen LogP contribution in [0.3, 0.4) is 0 Å². The summed E-state index contributed by atoms with van der Waals surface area (Å²) in [7, 11) is 0. The number of rotatable bonds is 4. The van der Waals surface area contributed by atoms with Gasteiger partial charge in [0.1, 0.15) is 0 Å². The Labute approximate surface area is 179 Å². The fourth-order valence-electron chi connectivity index (χ4n) is 2.78. The molecule has 1 amide bonds. The number of hydrogen-bond acceptors (Lipinski definition) is 2. The van der Waals surface area contributed by atoms with Crippen LogP contribution >= 0.6 is 49.9 Å². The van der Waals surface area contributed by atoms with Crippen molar-refractivity contribution in [1.29, 1.82) is 0 Å². The second kappa shape index (κ2) is 8.63. The normalized spacial score (nSPS) is 11.8. The van der Waals surface area contributed by atoms with Crippen molar-refractivity contribution in [3.8, 4) is 11.3 Å². The number of nitrogens with zero attached hydrogens (tertiary/aromatic N) is 2. The molecule has 3 aromatic rings. The number of aryl methyl sites for hydroxylation is 1. The van der Waals surface area contributed by atoms with Crippen molar-refractivity contribution in [1.82, 2.24) is 4.57 Å². The van der Waals surface area contributed by atoms with Crippen LogP contribution in [0.15, 0.2) is 58.0 Å². The van der Waals surface area contributed by atoms with Crippen molar-refractivity contribution in [2.24, 2.45) is 4.99 Å². The minimum atomic E-state index is -0.191. The van der Waals surface area contributed by atoms with Crippen LogP contribution in [-0.4, -0.2) is 10.5 Å². The van der Waals surface area contributed by atoms with E-state index in [0.717, 1.165) is 37.1 Å². The van der Waals surface area contributed by atoms with Crippen molar-refractivity contribution >= 4 is 55.8 Å². The van der Waals surface area contributed by atoms with E-state index < -0.39 is 0 Å². The third kappa shape index (κ3) is 4.02. The molecular formula is C20H18BrIN2OS. The molecule has 0 aliphatic rings. The maximum Gasteiger partial charge on any atom is 0.280 e. The third-order valence-electron chi connectivity index (χ3n) is 4.04. The molecule has 134 valence electrons. The van der Waals surface area contributed by atoms with Crippen molar-refractivity contribution in [3.05, 3.63) is 71.8 Å². The fraction of sp³-hybridized carbons (Fsp3) is 0.200. The van der Waals surface area contributed by atoms with Gasteiger partial charge in [-0.05, 0) is 65.8 Å². The summed E-state index contributed by atoms with van der Waals surface area (Å²) in [5, 5.41) is 0. The van der Waals surface area contributed by atoms with E-state index in [1.807, 2.05) is 36.4 Å². The lowest BCUT2D eigenvalue weighted by Crippen LogP contribution is -2.17. The number of halogens is 2. The Morgan fingerprint density at radius 1 is 1.15 bits per heavy atom. The first-order valence-electron chi connectivity index (χ1n) is 8.37. The lowest BCUT2D eigenvalue weighted by molar-refractivity contribution is 0.0997. The summed E-state index contributed by atoms with van der Waals surface area (Å²) in [6.45, 7) is 4.99. The Morgan fingerprint density at radius 3 is 2.46 bits per heavy atom. The van der Waals surface area contributed by atoms with Crippen LogP contribution in [0.1, 0.15) is 29.1 Å². The van der Waals surface area contributed by atoms with Gasteiger partial charge in [0.25, 0.3) is 5.91 Å². The van der Waals surface area contributed by atoms with Gasteiger partial charge in [-0.3, -0.25) is 4.79 Å². The molecule has 1 aromatic heterocycles. The summed E-state index contributed by atoms with van der Waals surface area (Å²) < 4.78 is 4.11. The maximum atomic E-state index is 12.7. The number of hydrogen-bond donors (Lipinski definition) is 0. The van der Waals surface area contributed by atoms with E-state index >= 15 is 0 Å². The van der Waals surface area contributed by atoms with Gasteiger partial charge < -0.3 is 4.57 Å². The summed E-state index contributed by atoms with van der Waals surface area (Å²) in [4.78, 5) is 19.2. The Bertz CT molecular complexity index is 1010. The van der Waals surface area contributed by atoms with E-state index in [9.17, 15) is 4.79 Å². The van der Waals surface area contributed by atoms with E-state index in [1.165, 1.54) is 4.88 Å². The molecule has 1 heterocycles.